The summed E-state index contributed by atoms with van der Waals surface area (Å²) in [6.45, 7) is 2.22. The lowest BCUT2D eigenvalue weighted by Gasteiger charge is -2.27. The fraction of sp³-hybridized carbons (Fsp3) is 0.0169. The first-order chi connectivity index (χ1) is 30.7. The zero-order valence-corrected chi connectivity index (χ0v) is 35.0. The fourth-order valence-corrected chi connectivity index (χ4v) is 10.7. The van der Waals surface area contributed by atoms with E-state index >= 15 is 0 Å². The molecule has 0 saturated carbocycles. The number of aryl methyl sites for hydroxylation is 1. The molecule has 62 heavy (non-hydrogen) atoms. The summed E-state index contributed by atoms with van der Waals surface area (Å²) in [6.07, 6.45) is 0. The summed E-state index contributed by atoms with van der Waals surface area (Å²) >= 11 is 1.87. The number of benzene rings is 10. The molecule has 0 radical (unpaired) electrons. The molecule has 0 aliphatic carbocycles. The summed E-state index contributed by atoms with van der Waals surface area (Å²) < 4.78 is 5.08. The Balaban J connectivity index is 0.912. The topological polar surface area (TPSA) is 8.17 Å². The normalized spacial score (nSPS) is 11.6. The molecule has 0 fully saturated rings. The Morgan fingerprint density at radius 2 is 0.887 bits per heavy atom. The van der Waals surface area contributed by atoms with Crippen LogP contribution in [0, 0.1) is 6.92 Å². The molecule has 10 aromatic carbocycles. The maximum absolute atomic E-state index is 2.41. The van der Waals surface area contributed by atoms with Gasteiger partial charge in [-0.3, -0.25) is 0 Å². The minimum Gasteiger partial charge on any atom is -0.310 e. The van der Waals surface area contributed by atoms with Crippen LogP contribution in [0.1, 0.15) is 5.56 Å². The van der Waals surface area contributed by atoms with Crippen LogP contribution in [0.25, 0.3) is 91.8 Å². The third-order valence-electron chi connectivity index (χ3n) is 12.5. The van der Waals surface area contributed by atoms with Gasteiger partial charge in [0, 0.05) is 53.7 Å². The third kappa shape index (κ3) is 6.01. The molecular formula is C59H40N2S. The largest absolute Gasteiger partial charge is 0.310 e. The molecule has 0 unspecified atom stereocenters. The van der Waals surface area contributed by atoms with Crippen LogP contribution in [0.15, 0.2) is 224 Å². The smallest absolute Gasteiger partial charge is 0.0541 e. The van der Waals surface area contributed by atoms with Gasteiger partial charge in [-0.15, -0.1) is 11.3 Å². The average Bonchev–Trinajstić information content (AvgIpc) is 3.87. The first kappa shape index (κ1) is 36.2. The molecule has 0 amide bonds. The molecule has 12 rings (SSSR count). The first-order valence-electron chi connectivity index (χ1n) is 21.2. The molecule has 0 spiro atoms. The molecule has 0 bridgehead atoms. The van der Waals surface area contributed by atoms with Gasteiger partial charge < -0.3 is 9.47 Å². The second kappa shape index (κ2) is 14.8. The van der Waals surface area contributed by atoms with E-state index < -0.39 is 0 Å². The quantitative estimate of drug-likeness (QED) is 0.156. The Kier molecular flexibility index (Phi) is 8.62. The lowest BCUT2D eigenvalue weighted by molar-refractivity contribution is 1.18. The van der Waals surface area contributed by atoms with E-state index in [1.54, 1.807) is 0 Å². The van der Waals surface area contributed by atoms with Crippen molar-refractivity contribution in [2.24, 2.45) is 0 Å². The molecule has 0 N–H and O–H groups in total. The van der Waals surface area contributed by atoms with E-state index in [0.29, 0.717) is 0 Å². The van der Waals surface area contributed by atoms with Gasteiger partial charge in [-0.25, -0.2) is 0 Å². The molecule has 3 heteroatoms. The van der Waals surface area contributed by atoms with E-state index in [1.165, 1.54) is 97.4 Å². The van der Waals surface area contributed by atoms with Crippen molar-refractivity contribution in [3.63, 3.8) is 0 Å². The maximum Gasteiger partial charge on any atom is 0.0541 e. The predicted molar refractivity (Wildman–Crippen MR) is 267 cm³/mol. The summed E-state index contributed by atoms with van der Waals surface area (Å²) in [5, 5.41) is 7.65. The van der Waals surface area contributed by atoms with Gasteiger partial charge >= 0.3 is 0 Å². The van der Waals surface area contributed by atoms with Crippen molar-refractivity contribution in [1.29, 1.82) is 0 Å². The molecule has 0 aliphatic rings. The van der Waals surface area contributed by atoms with Gasteiger partial charge in [-0.05, 0) is 136 Å². The molecule has 0 atom stereocenters. The SMILES string of the molecule is Cc1cc(-c2ccc(-c3ccc4c(c3)c3ccccc3n4-c3ccc(-c4ccc5c(c4)sc4ccccc45)cc3)c3ccccc23)ccc1N(c1ccccc1)c1ccccc1. The number of anilines is 3. The van der Waals surface area contributed by atoms with Crippen LogP contribution < -0.4 is 4.90 Å². The maximum atomic E-state index is 2.41. The summed E-state index contributed by atoms with van der Waals surface area (Å²) in [5.74, 6) is 0. The monoisotopic (exact) mass is 808 g/mol. The van der Waals surface area contributed by atoms with Gasteiger partial charge in [0.15, 0.2) is 0 Å². The molecule has 2 aromatic heterocycles. The Labute approximate surface area is 364 Å². The molecule has 2 heterocycles. The average molecular weight is 809 g/mol. The van der Waals surface area contributed by atoms with E-state index in [0.717, 1.165) is 17.1 Å². The van der Waals surface area contributed by atoms with Crippen LogP contribution in [-0.4, -0.2) is 4.57 Å². The van der Waals surface area contributed by atoms with E-state index in [1.807, 2.05) is 11.3 Å². The second-order valence-corrected chi connectivity index (χ2v) is 17.2. The van der Waals surface area contributed by atoms with Crippen LogP contribution in [0.4, 0.5) is 17.1 Å². The van der Waals surface area contributed by atoms with E-state index in [-0.39, 0.29) is 0 Å². The van der Waals surface area contributed by atoms with Crippen molar-refractivity contribution in [1.82, 2.24) is 4.57 Å². The number of thiophene rings is 1. The molecule has 12 aromatic rings. The number of hydrogen-bond donors (Lipinski definition) is 0. The zero-order chi connectivity index (χ0) is 41.1. The summed E-state index contributed by atoms with van der Waals surface area (Å²) in [6, 6.07) is 82.1. The van der Waals surface area contributed by atoms with Gasteiger partial charge in [0.25, 0.3) is 0 Å². The Hall–Kier alpha value is -7.72. The van der Waals surface area contributed by atoms with Crippen molar-refractivity contribution < 1.29 is 0 Å². The van der Waals surface area contributed by atoms with Crippen LogP contribution in [0.2, 0.25) is 0 Å². The lowest BCUT2D eigenvalue weighted by atomic mass is 9.91. The van der Waals surface area contributed by atoms with Gasteiger partial charge in [0.1, 0.15) is 0 Å². The van der Waals surface area contributed by atoms with Gasteiger partial charge in [-0.1, -0.05) is 146 Å². The minimum absolute atomic E-state index is 1.14. The lowest BCUT2D eigenvalue weighted by Crippen LogP contribution is -2.11. The molecule has 2 nitrogen and oxygen atoms in total. The number of aromatic nitrogens is 1. The highest BCUT2D eigenvalue weighted by Crippen LogP contribution is 2.43. The molecule has 0 saturated heterocycles. The highest BCUT2D eigenvalue weighted by atomic mass is 32.1. The van der Waals surface area contributed by atoms with Crippen LogP contribution in [-0.2, 0) is 0 Å². The highest BCUT2D eigenvalue weighted by Gasteiger charge is 2.18. The number of rotatable bonds is 7. The number of nitrogens with zero attached hydrogens (tertiary/aromatic N) is 2. The second-order valence-electron chi connectivity index (χ2n) is 16.2. The predicted octanol–water partition coefficient (Wildman–Crippen LogP) is 17.1. The van der Waals surface area contributed by atoms with Crippen LogP contribution >= 0.6 is 11.3 Å². The van der Waals surface area contributed by atoms with Crippen molar-refractivity contribution in [2.75, 3.05) is 4.90 Å². The molecule has 292 valence electrons. The summed E-state index contributed by atoms with van der Waals surface area (Å²) in [5.41, 5.74) is 15.6. The van der Waals surface area contributed by atoms with E-state index in [4.69, 9.17) is 0 Å². The first-order valence-corrected chi connectivity index (χ1v) is 22.1. The molecular weight excluding hydrogens is 769 g/mol. The van der Waals surface area contributed by atoms with Crippen molar-refractivity contribution in [3.8, 4) is 39.1 Å². The zero-order valence-electron chi connectivity index (χ0n) is 34.2. The van der Waals surface area contributed by atoms with Gasteiger partial charge in [-0.2, -0.15) is 0 Å². The van der Waals surface area contributed by atoms with Crippen molar-refractivity contribution >= 4 is 81.1 Å². The van der Waals surface area contributed by atoms with Crippen LogP contribution in [0.5, 0.6) is 0 Å². The fourth-order valence-electron chi connectivity index (χ4n) is 9.58. The standard InChI is InChI=1S/C59H40N2S/c1-39-36-42(27-34-55(39)60(44-14-4-2-5-15-44)45-16-6-3-7-17-45)47-32-33-48(50-19-9-8-18-49(47)50)43-28-35-57-54(37-43)51-20-10-12-22-56(51)61(57)46-29-24-40(25-30-46)41-26-31-53-52-21-11-13-23-58(52)62-59(53)38-41/h2-38H,1H3. The highest BCUT2D eigenvalue weighted by molar-refractivity contribution is 7.25. The number of para-hydroxylation sites is 3. The van der Waals surface area contributed by atoms with Gasteiger partial charge in [0.2, 0.25) is 0 Å². The molecule has 0 aliphatic heterocycles. The summed E-state index contributed by atoms with van der Waals surface area (Å²) in [7, 11) is 0. The van der Waals surface area contributed by atoms with Crippen molar-refractivity contribution in [3.05, 3.63) is 230 Å². The van der Waals surface area contributed by atoms with E-state index in [9.17, 15) is 0 Å². The Morgan fingerprint density at radius 1 is 0.355 bits per heavy atom. The van der Waals surface area contributed by atoms with Gasteiger partial charge in [0.05, 0.1) is 11.0 Å². The number of fused-ring (bicyclic) bond motifs is 7. The number of hydrogen-bond acceptors (Lipinski definition) is 2. The Bertz CT molecular complexity index is 3600. The Morgan fingerprint density at radius 3 is 1.58 bits per heavy atom. The summed E-state index contributed by atoms with van der Waals surface area (Å²) in [4.78, 5) is 2.34. The third-order valence-corrected chi connectivity index (χ3v) is 13.7. The van der Waals surface area contributed by atoms with Crippen molar-refractivity contribution in [2.45, 2.75) is 6.92 Å². The van der Waals surface area contributed by atoms with Crippen LogP contribution in [0.3, 0.4) is 0 Å². The minimum atomic E-state index is 1.14. The van der Waals surface area contributed by atoms with E-state index in [2.05, 4.69) is 241 Å².